The van der Waals surface area contributed by atoms with Gasteiger partial charge in [0, 0.05) is 17.5 Å². The third-order valence-corrected chi connectivity index (χ3v) is 3.64. The van der Waals surface area contributed by atoms with Crippen molar-refractivity contribution in [2.45, 2.75) is 13.3 Å². The minimum Gasteiger partial charge on any atom is -0.495 e. The van der Waals surface area contributed by atoms with Crippen LogP contribution in [-0.2, 0) is 0 Å². The van der Waals surface area contributed by atoms with Crippen LogP contribution in [0.15, 0.2) is 18.2 Å². The fourth-order valence-electron chi connectivity index (χ4n) is 2.16. The minimum absolute atomic E-state index is 0.150. The lowest BCUT2D eigenvalue weighted by Gasteiger charge is -2.21. The fraction of sp³-hybridized carbons (Fsp3) is 0.462. The lowest BCUT2D eigenvalue weighted by Crippen LogP contribution is -2.30. The molecule has 0 saturated carbocycles. The van der Waals surface area contributed by atoms with Crippen LogP contribution in [0.3, 0.4) is 0 Å². The molecule has 0 spiro atoms. The molecule has 0 amide bonds. The molecule has 2 rings (SSSR count). The van der Waals surface area contributed by atoms with Crippen molar-refractivity contribution in [1.29, 1.82) is 0 Å². The van der Waals surface area contributed by atoms with Gasteiger partial charge in [0.25, 0.3) is 0 Å². The standard InChI is InChI=1S/C13H16ClNO2/c1-13(5-6-15-8-13)12(16)9-3-4-10(14)11(7-9)17-2/h3-4,7,15H,5-6,8H2,1-2H3. The average Bonchev–Trinajstić information content (AvgIpc) is 2.77. The summed E-state index contributed by atoms with van der Waals surface area (Å²) >= 11 is 5.95. The third-order valence-electron chi connectivity index (χ3n) is 3.33. The van der Waals surface area contributed by atoms with Crippen molar-refractivity contribution in [3.63, 3.8) is 0 Å². The van der Waals surface area contributed by atoms with Crippen molar-refractivity contribution in [2.75, 3.05) is 20.2 Å². The van der Waals surface area contributed by atoms with E-state index in [1.165, 1.54) is 0 Å². The second-order valence-electron chi connectivity index (χ2n) is 4.67. The first-order chi connectivity index (χ1) is 8.07. The molecular weight excluding hydrogens is 238 g/mol. The van der Waals surface area contributed by atoms with E-state index in [4.69, 9.17) is 16.3 Å². The van der Waals surface area contributed by atoms with Gasteiger partial charge in [-0.05, 0) is 31.2 Å². The highest BCUT2D eigenvalue weighted by Gasteiger charge is 2.36. The Bertz CT molecular complexity index is 439. The molecule has 0 aliphatic carbocycles. The maximum absolute atomic E-state index is 12.4. The Labute approximate surface area is 106 Å². The highest BCUT2D eigenvalue weighted by atomic mass is 35.5. The van der Waals surface area contributed by atoms with E-state index >= 15 is 0 Å². The lowest BCUT2D eigenvalue weighted by molar-refractivity contribution is 0.0839. The molecular formula is C13H16ClNO2. The highest BCUT2D eigenvalue weighted by Crippen LogP contribution is 2.32. The predicted molar refractivity (Wildman–Crippen MR) is 67.9 cm³/mol. The van der Waals surface area contributed by atoms with Crippen molar-refractivity contribution in [3.8, 4) is 5.75 Å². The highest BCUT2D eigenvalue weighted by molar-refractivity contribution is 6.32. The zero-order valence-electron chi connectivity index (χ0n) is 10.0. The molecule has 1 fully saturated rings. The van der Waals surface area contributed by atoms with E-state index in [2.05, 4.69) is 5.32 Å². The van der Waals surface area contributed by atoms with E-state index in [1.807, 2.05) is 6.92 Å². The molecule has 1 atom stereocenters. The normalized spacial score (nSPS) is 23.7. The van der Waals surface area contributed by atoms with E-state index in [1.54, 1.807) is 25.3 Å². The smallest absolute Gasteiger partial charge is 0.170 e. The SMILES string of the molecule is COc1cc(C(=O)C2(C)CCNC2)ccc1Cl. The van der Waals surface area contributed by atoms with E-state index in [0.717, 1.165) is 19.5 Å². The lowest BCUT2D eigenvalue weighted by atomic mass is 9.81. The van der Waals surface area contributed by atoms with Gasteiger partial charge >= 0.3 is 0 Å². The van der Waals surface area contributed by atoms with Crippen LogP contribution in [0.25, 0.3) is 0 Å². The number of carbonyl (C=O) groups is 1. The van der Waals surface area contributed by atoms with E-state index < -0.39 is 0 Å². The van der Waals surface area contributed by atoms with E-state index in [0.29, 0.717) is 16.3 Å². The molecule has 4 heteroatoms. The summed E-state index contributed by atoms with van der Waals surface area (Å²) in [5, 5.41) is 3.75. The summed E-state index contributed by atoms with van der Waals surface area (Å²) in [6.45, 7) is 3.63. The van der Waals surface area contributed by atoms with Crippen LogP contribution < -0.4 is 10.1 Å². The zero-order chi connectivity index (χ0) is 12.5. The number of Topliss-reactive ketones (excluding diaryl/α,β-unsaturated/α-hetero) is 1. The van der Waals surface area contributed by atoms with Gasteiger partial charge in [0.15, 0.2) is 5.78 Å². The number of ether oxygens (including phenoxy) is 1. The average molecular weight is 254 g/mol. The molecule has 1 heterocycles. The Hall–Kier alpha value is -1.06. The number of hydrogen-bond acceptors (Lipinski definition) is 3. The third kappa shape index (κ3) is 2.31. The van der Waals surface area contributed by atoms with Gasteiger partial charge < -0.3 is 10.1 Å². The summed E-state index contributed by atoms with van der Waals surface area (Å²) in [4.78, 5) is 12.4. The summed E-state index contributed by atoms with van der Waals surface area (Å²) in [7, 11) is 1.55. The Kier molecular flexibility index (Phi) is 3.40. The molecule has 1 N–H and O–H groups in total. The molecule has 3 nitrogen and oxygen atoms in total. The Morgan fingerprint density at radius 2 is 2.29 bits per heavy atom. The van der Waals surface area contributed by atoms with Crippen molar-refractivity contribution in [3.05, 3.63) is 28.8 Å². The first kappa shape index (κ1) is 12.4. The van der Waals surface area contributed by atoms with Crippen LogP contribution >= 0.6 is 11.6 Å². The van der Waals surface area contributed by atoms with E-state index in [-0.39, 0.29) is 11.2 Å². The maximum Gasteiger partial charge on any atom is 0.170 e. The zero-order valence-corrected chi connectivity index (χ0v) is 10.8. The van der Waals surface area contributed by atoms with Gasteiger partial charge in [-0.2, -0.15) is 0 Å². The van der Waals surface area contributed by atoms with Gasteiger partial charge in [-0.25, -0.2) is 0 Å². The quantitative estimate of drug-likeness (QED) is 0.842. The first-order valence-electron chi connectivity index (χ1n) is 5.66. The second kappa shape index (κ2) is 4.67. The number of carbonyl (C=O) groups excluding carboxylic acids is 1. The summed E-state index contributed by atoms with van der Waals surface area (Å²) < 4.78 is 5.13. The minimum atomic E-state index is -0.307. The predicted octanol–water partition coefficient (Wildman–Crippen LogP) is 2.53. The molecule has 1 saturated heterocycles. The molecule has 0 bridgehead atoms. The fourth-order valence-corrected chi connectivity index (χ4v) is 2.35. The van der Waals surface area contributed by atoms with Gasteiger partial charge in [0.1, 0.15) is 5.75 Å². The molecule has 1 aliphatic heterocycles. The van der Waals surface area contributed by atoms with Crippen molar-refractivity contribution >= 4 is 17.4 Å². The van der Waals surface area contributed by atoms with Crippen LogP contribution in [-0.4, -0.2) is 26.0 Å². The van der Waals surface area contributed by atoms with Crippen molar-refractivity contribution in [2.24, 2.45) is 5.41 Å². The Balaban J connectivity index is 2.31. The molecule has 0 radical (unpaired) electrons. The van der Waals surface area contributed by atoms with Crippen LogP contribution in [0.5, 0.6) is 5.75 Å². The Morgan fingerprint density at radius 1 is 1.53 bits per heavy atom. The van der Waals surface area contributed by atoms with E-state index in [9.17, 15) is 4.79 Å². The van der Waals surface area contributed by atoms with Crippen LogP contribution in [0, 0.1) is 5.41 Å². The summed E-state index contributed by atoms with van der Waals surface area (Å²) in [5.41, 5.74) is 0.358. The topological polar surface area (TPSA) is 38.3 Å². The van der Waals surface area contributed by atoms with Gasteiger partial charge in [-0.3, -0.25) is 4.79 Å². The Morgan fingerprint density at radius 3 is 2.88 bits per heavy atom. The van der Waals surface area contributed by atoms with Crippen LogP contribution in [0.2, 0.25) is 5.02 Å². The molecule has 1 aromatic carbocycles. The summed E-state index contributed by atoms with van der Waals surface area (Å²) in [6.07, 6.45) is 0.872. The second-order valence-corrected chi connectivity index (χ2v) is 5.07. The molecule has 1 aliphatic rings. The number of methoxy groups -OCH3 is 1. The summed E-state index contributed by atoms with van der Waals surface area (Å²) in [5.74, 6) is 0.699. The van der Waals surface area contributed by atoms with Crippen LogP contribution in [0.1, 0.15) is 23.7 Å². The maximum atomic E-state index is 12.4. The monoisotopic (exact) mass is 253 g/mol. The van der Waals surface area contributed by atoms with Gasteiger partial charge in [-0.15, -0.1) is 0 Å². The number of nitrogens with one attached hydrogen (secondary N) is 1. The largest absolute Gasteiger partial charge is 0.495 e. The van der Waals surface area contributed by atoms with Crippen LogP contribution in [0.4, 0.5) is 0 Å². The summed E-state index contributed by atoms with van der Waals surface area (Å²) in [6, 6.07) is 5.18. The number of ketones is 1. The molecule has 17 heavy (non-hydrogen) atoms. The number of hydrogen-bond donors (Lipinski definition) is 1. The van der Waals surface area contributed by atoms with Crippen molar-refractivity contribution in [1.82, 2.24) is 5.32 Å². The molecule has 92 valence electrons. The van der Waals surface area contributed by atoms with Gasteiger partial charge in [0.2, 0.25) is 0 Å². The first-order valence-corrected chi connectivity index (χ1v) is 6.04. The van der Waals surface area contributed by atoms with Gasteiger partial charge in [-0.1, -0.05) is 18.5 Å². The van der Waals surface area contributed by atoms with Gasteiger partial charge in [0.05, 0.1) is 12.1 Å². The molecule has 1 unspecified atom stereocenters. The number of benzene rings is 1. The molecule has 0 aromatic heterocycles. The van der Waals surface area contributed by atoms with Crippen molar-refractivity contribution < 1.29 is 9.53 Å². The molecule has 1 aromatic rings. The number of halogens is 1. The number of rotatable bonds is 3.